The first kappa shape index (κ1) is 14.0. The number of rotatable bonds is 3. The molecule has 0 aromatic heterocycles. The number of halogens is 1. The van der Waals surface area contributed by atoms with Crippen LogP contribution in [0.15, 0.2) is 18.2 Å². The maximum absolute atomic E-state index is 13.1. The Morgan fingerprint density at radius 2 is 2.05 bits per heavy atom. The van der Waals surface area contributed by atoms with E-state index in [4.69, 9.17) is 11.1 Å². The van der Waals surface area contributed by atoms with Crippen molar-refractivity contribution in [3.05, 3.63) is 35.1 Å². The van der Waals surface area contributed by atoms with Crippen molar-refractivity contribution in [2.75, 3.05) is 13.1 Å². The van der Waals surface area contributed by atoms with Crippen LogP contribution in [-0.4, -0.2) is 23.8 Å². The first-order chi connectivity index (χ1) is 8.90. The van der Waals surface area contributed by atoms with Crippen molar-refractivity contribution < 1.29 is 4.39 Å². The minimum atomic E-state index is -0.177. The Morgan fingerprint density at radius 1 is 1.42 bits per heavy atom. The van der Waals surface area contributed by atoms with Crippen molar-refractivity contribution >= 4 is 5.84 Å². The van der Waals surface area contributed by atoms with Crippen LogP contribution in [0, 0.1) is 23.6 Å². The third-order valence-corrected chi connectivity index (χ3v) is 4.31. The van der Waals surface area contributed by atoms with E-state index in [9.17, 15) is 4.39 Å². The van der Waals surface area contributed by atoms with Gasteiger partial charge in [0.2, 0.25) is 0 Å². The number of nitrogens with two attached hydrogens (primary N) is 1. The molecule has 2 rings (SSSR count). The van der Waals surface area contributed by atoms with Gasteiger partial charge in [-0.05, 0) is 56.1 Å². The molecule has 1 aromatic rings. The molecule has 3 N–H and O–H groups in total. The smallest absolute Gasteiger partial charge is 0.123 e. The molecule has 4 heteroatoms. The summed E-state index contributed by atoms with van der Waals surface area (Å²) in [6.45, 7) is 6.73. The van der Waals surface area contributed by atoms with Gasteiger partial charge in [0.1, 0.15) is 5.82 Å². The summed E-state index contributed by atoms with van der Waals surface area (Å²) in [4.78, 5) is 2.35. The third-order valence-electron chi connectivity index (χ3n) is 4.31. The molecule has 1 heterocycles. The average molecular weight is 263 g/mol. The molecule has 1 fully saturated rings. The lowest BCUT2D eigenvalue weighted by Crippen LogP contribution is -2.44. The molecule has 0 saturated carbocycles. The second kappa shape index (κ2) is 5.29. The summed E-state index contributed by atoms with van der Waals surface area (Å²) in [5.74, 6) is 0.120. The molecule has 0 amide bonds. The van der Waals surface area contributed by atoms with Crippen molar-refractivity contribution in [2.45, 2.75) is 33.2 Å². The van der Waals surface area contributed by atoms with Crippen LogP contribution in [0.1, 0.15) is 30.9 Å². The Bertz CT molecular complexity index is 476. The van der Waals surface area contributed by atoms with Gasteiger partial charge in [0.05, 0.1) is 5.84 Å². The predicted molar refractivity (Wildman–Crippen MR) is 75.7 cm³/mol. The van der Waals surface area contributed by atoms with Crippen LogP contribution in [0.2, 0.25) is 0 Å². The van der Waals surface area contributed by atoms with Gasteiger partial charge in [0.15, 0.2) is 0 Å². The van der Waals surface area contributed by atoms with Crippen molar-refractivity contribution in [1.82, 2.24) is 4.90 Å². The largest absolute Gasteiger partial charge is 0.387 e. The molecular weight excluding hydrogens is 241 g/mol. The van der Waals surface area contributed by atoms with Gasteiger partial charge in [-0.25, -0.2) is 4.39 Å². The van der Waals surface area contributed by atoms with E-state index in [-0.39, 0.29) is 11.2 Å². The number of amidine groups is 1. The van der Waals surface area contributed by atoms with Crippen molar-refractivity contribution in [1.29, 1.82) is 5.41 Å². The van der Waals surface area contributed by atoms with Crippen molar-refractivity contribution in [2.24, 2.45) is 11.1 Å². The van der Waals surface area contributed by atoms with Crippen LogP contribution in [-0.2, 0) is 6.54 Å². The molecule has 1 aliphatic rings. The van der Waals surface area contributed by atoms with E-state index in [0.29, 0.717) is 5.84 Å². The van der Waals surface area contributed by atoms with Gasteiger partial charge in [0, 0.05) is 12.0 Å². The van der Waals surface area contributed by atoms with E-state index in [1.807, 2.05) is 13.0 Å². The minimum Gasteiger partial charge on any atom is -0.387 e. The van der Waals surface area contributed by atoms with Gasteiger partial charge in [0.25, 0.3) is 0 Å². The summed E-state index contributed by atoms with van der Waals surface area (Å²) in [7, 11) is 0. The molecule has 0 aliphatic carbocycles. The Hall–Kier alpha value is -1.42. The molecule has 104 valence electrons. The van der Waals surface area contributed by atoms with Crippen LogP contribution in [0.25, 0.3) is 0 Å². The van der Waals surface area contributed by atoms with Gasteiger partial charge in [-0.1, -0.05) is 13.0 Å². The van der Waals surface area contributed by atoms with E-state index in [1.54, 1.807) is 6.07 Å². The first-order valence-electron chi connectivity index (χ1n) is 6.73. The highest BCUT2D eigenvalue weighted by molar-refractivity contribution is 5.83. The second-order valence-electron chi connectivity index (χ2n) is 5.82. The number of piperidine rings is 1. The quantitative estimate of drug-likeness (QED) is 0.650. The van der Waals surface area contributed by atoms with E-state index < -0.39 is 0 Å². The lowest BCUT2D eigenvalue weighted by atomic mass is 9.79. The molecule has 0 radical (unpaired) electrons. The number of hydrogen-bond acceptors (Lipinski definition) is 2. The van der Waals surface area contributed by atoms with Crippen LogP contribution in [0.3, 0.4) is 0 Å². The lowest BCUT2D eigenvalue weighted by molar-refractivity contribution is 0.155. The highest BCUT2D eigenvalue weighted by Gasteiger charge is 2.32. The maximum atomic E-state index is 13.1. The summed E-state index contributed by atoms with van der Waals surface area (Å²) in [6, 6.07) is 4.97. The van der Waals surface area contributed by atoms with E-state index in [0.717, 1.165) is 38.0 Å². The summed E-state index contributed by atoms with van der Waals surface area (Å²) >= 11 is 0. The highest BCUT2D eigenvalue weighted by atomic mass is 19.1. The van der Waals surface area contributed by atoms with Gasteiger partial charge >= 0.3 is 0 Å². The number of hydrogen-bond donors (Lipinski definition) is 2. The Morgan fingerprint density at radius 3 is 2.58 bits per heavy atom. The molecular formula is C15H22FN3. The maximum Gasteiger partial charge on any atom is 0.123 e. The number of nitrogens with one attached hydrogen (secondary N) is 1. The van der Waals surface area contributed by atoms with E-state index >= 15 is 0 Å². The van der Waals surface area contributed by atoms with Crippen LogP contribution in [0.4, 0.5) is 4.39 Å². The molecule has 3 nitrogen and oxygen atoms in total. The number of nitrogens with zero attached hydrogens (tertiary/aromatic N) is 1. The zero-order chi connectivity index (χ0) is 14.0. The molecule has 1 aromatic carbocycles. The van der Waals surface area contributed by atoms with Gasteiger partial charge in [-0.15, -0.1) is 0 Å². The number of likely N-dealkylation sites (tertiary alicyclic amines) is 1. The monoisotopic (exact) mass is 263 g/mol. The summed E-state index contributed by atoms with van der Waals surface area (Å²) in [5, 5.41) is 7.65. The lowest BCUT2D eigenvalue weighted by Gasteiger charge is -2.38. The Labute approximate surface area is 114 Å². The van der Waals surface area contributed by atoms with E-state index in [2.05, 4.69) is 11.8 Å². The Kier molecular flexibility index (Phi) is 3.90. The normalized spacial score (nSPS) is 19.3. The second-order valence-corrected chi connectivity index (χ2v) is 5.82. The molecule has 0 atom stereocenters. The van der Waals surface area contributed by atoms with Crippen molar-refractivity contribution in [3.8, 4) is 0 Å². The molecule has 1 saturated heterocycles. The van der Waals surface area contributed by atoms with Crippen LogP contribution in [0.5, 0.6) is 0 Å². The fourth-order valence-electron chi connectivity index (χ4n) is 2.55. The molecule has 0 unspecified atom stereocenters. The van der Waals surface area contributed by atoms with Gasteiger partial charge < -0.3 is 5.73 Å². The zero-order valence-corrected chi connectivity index (χ0v) is 11.7. The molecule has 1 aliphatic heterocycles. The van der Waals surface area contributed by atoms with Crippen molar-refractivity contribution in [3.63, 3.8) is 0 Å². The highest BCUT2D eigenvalue weighted by Crippen LogP contribution is 2.31. The summed E-state index contributed by atoms with van der Waals surface area (Å²) in [6.07, 6.45) is 1.84. The number of benzene rings is 1. The third kappa shape index (κ3) is 3.13. The standard InChI is InChI=1S/C15H22FN3/c1-11-9-13(16)4-3-12(11)10-19-7-5-15(2,6-8-19)14(17)18/h3-4,9H,5-8,10H2,1-2H3,(H3,17,18). The molecule has 0 bridgehead atoms. The average Bonchev–Trinajstić information content (AvgIpc) is 2.35. The van der Waals surface area contributed by atoms with E-state index in [1.165, 1.54) is 11.6 Å². The SMILES string of the molecule is Cc1cc(F)ccc1CN1CCC(C)(C(=N)N)CC1. The van der Waals surface area contributed by atoms with Gasteiger partial charge in [-0.3, -0.25) is 10.3 Å². The summed E-state index contributed by atoms with van der Waals surface area (Å²) in [5.41, 5.74) is 7.69. The van der Waals surface area contributed by atoms with Gasteiger partial charge in [-0.2, -0.15) is 0 Å². The number of aryl methyl sites for hydroxylation is 1. The van der Waals surface area contributed by atoms with Crippen LogP contribution < -0.4 is 5.73 Å². The minimum absolute atomic E-state index is 0.145. The molecule has 0 spiro atoms. The zero-order valence-electron chi connectivity index (χ0n) is 11.7. The fraction of sp³-hybridized carbons (Fsp3) is 0.533. The fourth-order valence-corrected chi connectivity index (χ4v) is 2.55. The topological polar surface area (TPSA) is 53.1 Å². The van der Waals surface area contributed by atoms with Crippen LogP contribution >= 0.6 is 0 Å². The first-order valence-corrected chi connectivity index (χ1v) is 6.73. The summed E-state index contributed by atoms with van der Waals surface area (Å²) < 4.78 is 13.1. The Balaban J connectivity index is 1.98. The molecule has 19 heavy (non-hydrogen) atoms. The predicted octanol–water partition coefficient (Wildman–Crippen LogP) is 2.67.